The highest BCUT2D eigenvalue weighted by atomic mass is 16.5. The van der Waals surface area contributed by atoms with Gasteiger partial charge >= 0.3 is 6.03 Å². The van der Waals surface area contributed by atoms with Gasteiger partial charge < -0.3 is 20.3 Å². The van der Waals surface area contributed by atoms with Crippen LogP contribution in [0.25, 0.3) is 0 Å². The molecule has 0 aromatic heterocycles. The molecule has 35 heavy (non-hydrogen) atoms. The first-order valence-electron chi connectivity index (χ1n) is 12.1. The van der Waals surface area contributed by atoms with Gasteiger partial charge in [0.25, 0.3) is 5.91 Å². The van der Waals surface area contributed by atoms with E-state index in [1.54, 1.807) is 31.2 Å². The maximum absolute atomic E-state index is 13.7. The number of ether oxygens (including phenoxy) is 1. The summed E-state index contributed by atoms with van der Waals surface area (Å²) in [6, 6.07) is 13.1. The van der Waals surface area contributed by atoms with Crippen molar-refractivity contribution in [2.24, 2.45) is 5.41 Å². The molecular formula is C27H34N4O4. The normalized spacial score (nSPS) is 21.4. The lowest BCUT2D eigenvalue weighted by atomic mass is 9.84. The molecule has 2 aliphatic rings. The molecule has 1 fully saturated rings. The molecular weight excluding hydrogens is 444 g/mol. The van der Waals surface area contributed by atoms with Gasteiger partial charge in [0.15, 0.2) is 0 Å². The van der Waals surface area contributed by atoms with Crippen molar-refractivity contribution in [2.45, 2.75) is 52.7 Å². The van der Waals surface area contributed by atoms with Crippen molar-refractivity contribution < 1.29 is 19.1 Å². The molecule has 2 aromatic rings. The van der Waals surface area contributed by atoms with Crippen molar-refractivity contribution in [3.8, 4) is 5.75 Å². The molecule has 0 bridgehead atoms. The van der Waals surface area contributed by atoms with Crippen LogP contribution in [0.15, 0.2) is 48.5 Å². The number of hydrogen-bond donors (Lipinski definition) is 2. The Labute approximate surface area is 206 Å². The van der Waals surface area contributed by atoms with Gasteiger partial charge in [0, 0.05) is 18.8 Å². The summed E-state index contributed by atoms with van der Waals surface area (Å²) < 4.78 is 6.07. The van der Waals surface area contributed by atoms with Crippen molar-refractivity contribution >= 4 is 29.2 Å². The summed E-state index contributed by atoms with van der Waals surface area (Å²) in [6.45, 7) is 9.21. The zero-order valence-corrected chi connectivity index (χ0v) is 20.8. The molecule has 0 aliphatic carbocycles. The molecule has 8 heteroatoms. The molecule has 2 aromatic carbocycles. The fourth-order valence-electron chi connectivity index (χ4n) is 4.78. The minimum Gasteiger partial charge on any atom is -0.486 e. The highest BCUT2D eigenvalue weighted by Crippen LogP contribution is 2.34. The maximum atomic E-state index is 13.7. The first kappa shape index (κ1) is 24.6. The Balaban J connectivity index is 1.55. The van der Waals surface area contributed by atoms with E-state index in [4.69, 9.17) is 4.74 Å². The number of piperidine rings is 1. The molecule has 2 atom stereocenters. The summed E-state index contributed by atoms with van der Waals surface area (Å²) in [4.78, 5) is 43.1. The van der Waals surface area contributed by atoms with Crippen LogP contribution in [0.2, 0.25) is 0 Å². The number of fused-ring (bicyclic) bond motifs is 1. The van der Waals surface area contributed by atoms with Gasteiger partial charge in [-0.15, -0.1) is 0 Å². The Kier molecular flexibility index (Phi) is 7.00. The van der Waals surface area contributed by atoms with Crippen molar-refractivity contribution in [3.05, 3.63) is 54.1 Å². The van der Waals surface area contributed by atoms with Gasteiger partial charge in [-0.25, -0.2) is 4.79 Å². The second kappa shape index (κ2) is 9.98. The second-order valence-corrected chi connectivity index (χ2v) is 10.2. The number of para-hydroxylation sites is 2. The molecule has 186 valence electrons. The molecule has 4 rings (SSSR count). The number of aryl methyl sites for hydroxylation is 1. The average molecular weight is 479 g/mol. The third-order valence-electron chi connectivity index (χ3n) is 6.58. The first-order valence-corrected chi connectivity index (χ1v) is 12.1. The van der Waals surface area contributed by atoms with E-state index in [1.807, 2.05) is 36.1 Å². The number of urea groups is 1. The monoisotopic (exact) mass is 478 g/mol. The standard InChI is InChI=1S/C27H34N4O4/c1-18-9-7-10-20(15-18)28-26(34)29-24-19(2)35-22-12-6-5-11-21(22)31(25(24)33)16-23(32)30-14-8-13-27(3,4)17-30/h5-7,9-12,15,19,24H,8,13-14,16-17H2,1-4H3,(H2,28,29,34)/t19-,24+/m0/s1. The Bertz CT molecular complexity index is 1120. The third kappa shape index (κ3) is 5.75. The van der Waals surface area contributed by atoms with Gasteiger partial charge in [-0.1, -0.05) is 38.1 Å². The van der Waals surface area contributed by atoms with Crippen LogP contribution in [0, 0.1) is 12.3 Å². The van der Waals surface area contributed by atoms with Gasteiger partial charge in [-0.3, -0.25) is 14.5 Å². The summed E-state index contributed by atoms with van der Waals surface area (Å²) in [5, 5.41) is 5.54. The molecule has 4 amide bonds. The molecule has 0 spiro atoms. The quantitative estimate of drug-likeness (QED) is 0.696. The van der Waals surface area contributed by atoms with E-state index >= 15 is 0 Å². The fourth-order valence-corrected chi connectivity index (χ4v) is 4.78. The molecule has 0 radical (unpaired) electrons. The number of carbonyl (C=O) groups is 3. The number of nitrogens with one attached hydrogen (secondary N) is 2. The largest absolute Gasteiger partial charge is 0.486 e. The highest BCUT2D eigenvalue weighted by molar-refractivity contribution is 6.05. The summed E-state index contributed by atoms with van der Waals surface area (Å²) in [6.07, 6.45) is 1.36. The minimum atomic E-state index is -0.974. The van der Waals surface area contributed by atoms with Gasteiger partial charge in [0.2, 0.25) is 5.91 Å². The fraction of sp³-hybridized carbons (Fsp3) is 0.444. The maximum Gasteiger partial charge on any atom is 0.320 e. The first-order chi connectivity index (χ1) is 16.6. The predicted octanol–water partition coefficient (Wildman–Crippen LogP) is 3.95. The van der Waals surface area contributed by atoms with Crippen molar-refractivity contribution in [2.75, 3.05) is 29.9 Å². The van der Waals surface area contributed by atoms with Crippen LogP contribution >= 0.6 is 0 Å². The number of carbonyl (C=O) groups excluding carboxylic acids is 3. The predicted molar refractivity (Wildman–Crippen MR) is 136 cm³/mol. The van der Waals surface area contributed by atoms with E-state index in [9.17, 15) is 14.4 Å². The van der Waals surface area contributed by atoms with Crippen molar-refractivity contribution in [1.29, 1.82) is 0 Å². The van der Waals surface area contributed by atoms with Gasteiger partial charge in [0.1, 0.15) is 24.4 Å². The van der Waals surface area contributed by atoms with E-state index in [0.717, 1.165) is 18.4 Å². The number of amides is 4. The van der Waals surface area contributed by atoms with Crippen molar-refractivity contribution in [3.63, 3.8) is 0 Å². The third-order valence-corrected chi connectivity index (χ3v) is 6.58. The van der Waals surface area contributed by atoms with E-state index in [1.165, 1.54) is 4.90 Å². The Morgan fingerprint density at radius 2 is 1.91 bits per heavy atom. The molecule has 0 unspecified atom stereocenters. The van der Waals surface area contributed by atoms with E-state index in [2.05, 4.69) is 24.5 Å². The summed E-state index contributed by atoms with van der Waals surface area (Å²) in [5.74, 6) is 0.00780. The SMILES string of the molecule is Cc1cccc(NC(=O)N[C@H]2C(=O)N(CC(=O)N3CCCC(C)(C)C3)c3ccccc3O[C@H]2C)c1. The number of benzene rings is 2. The van der Waals surface area contributed by atoms with E-state index in [0.29, 0.717) is 30.2 Å². The highest BCUT2D eigenvalue weighted by Gasteiger charge is 2.39. The van der Waals surface area contributed by atoms with Crippen LogP contribution in [0.1, 0.15) is 39.2 Å². The van der Waals surface area contributed by atoms with Crippen LogP contribution in [-0.2, 0) is 9.59 Å². The lowest BCUT2D eigenvalue weighted by Crippen LogP contribution is -2.56. The van der Waals surface area contributed by atoms with Crippen LogP contribution in [0.5, 0.6) is 5.75 Å². The number of likely N-dealkylation sites (tertiary alicyclic amines) is 1. The number of nitrogens with zero attached hydrogens (tertiary/aromatic N) is 2. The molecule has 2 heterocycles. The molecule has 2 aliphatic heterocycles. The zero-order valence-electron chi connectivity index (χ0n) is 20.8. The molecule has 0 saturated carbocycles. The smallest absolute Gasteiger partial charge is 0.320 e. The topological polar surface area (TPSA) is 91.0 Å². The van der Waals surface area contributed by atoms with Crippen molar-refractivity contribution in [1.82, 2.24) is 10.2 Å². The Hall–Kier alpha value is -3.55. The minimum absolute atomic E-state index is 0.0458. The van der Waals surface area contributed by atoms with Crippen LogP contribution < -0.4 is 20.3 Å². The van der Waals surface area contributed by atoms with Crippen LogP contribution in [0.3, 0.4) is 0 Å². The Morgan fingerprint density at radius 3 is 2.66 bits per heavy atom. The molecule has 1 saturated heterocycles. The number of rotatable bonds is 4. The second-order valence-electron chi connectivity index (χ2n) is 10.2. The van der Waals surface area contributed by atoms with Gasteiger partial charge in [-0.05, 0) is 61.9 Å². The van der Waals surface area contributed by atoms with Gasteiger partial charge in [0.05, 0.1) is 5.69 Å². The lowest BCUT2D eigenvalue weighted by Gasteiger charge is -2.39. The number of hydrogen-bond acceptors (Lipinski definition) is 4. The zero-order chi connectivity index (χ0) is 25.2. The van der Waals surface area contributed by atoms with Crippen LogP contribution in [-0.4, -0.2) is 54.5 Å². The summed E-state index contributed by atoms with van der Waals surface area (Å²) in [5.41, 5.74) is 2.20. The van der Waals surface area contributed by atoms with E-state index in [-0.39, 0.29) is 23.8 Å². The summed E-state index contributed by atoms with van der Waals surface area (Å²) >= 11 is 0. The van der Waals surface area contributed by atoms with E-state index < -0.39 is 18.2 Å². The molecule has 2 N–H and O–H groups in total. The van der Waals surface area contributed by atoms with Gasteiger partial charge in [-0.2, -0.15) is 0 Å². The van der Waals surface area contributed by atoms with Crippen LogP contribution in [0.4, 0.5) is 16.2 Å². The summed E-state index contributed by atoms with van der Waals surface area (Å²) in [7, 11) is 0. The average Bonchev–Trinajstić information content (AvgIpc) is 2.88. The Morgan fingerprint density at radius 1 is 1.14 bits per heavy atom. The molecule has 8 nitrogen and oxygen atoms in total. The number of anilines is 2. The lowest BCUT2D eigenvalue weighted by molar-refractivity contribution is -0.134.